The van der Waals surface area contributed by atoms with Gasteiger partial charge >= 0.3 is 0 Å². The zero-order chi connectivity index (χ0) is 14.7. The third-order valence-corrected chi connectivity index (χ3v) is 4.36. The lowest BCUT2D eigenvalue weighted by Gasteiger charge is -2.40. The molecule has 2 aliphatic heterocycles. The molecule has 21 heavy (non-hydrogen) atoms. The second kappa shape index (κ2) is 6.36. The van der Waals surface area contributed by atoms with Crippen molar-refractivity contribution in [2.75, 3.05) is 44.2 Å². The maximum atomic E-state index is 11.0. The van der Waals surface area contributed by atoms with Gasteiger partial charge in [0.2, 0.25) is 0 Å². The molecule has 2 saturated heterocycles. The lowest BCUT2D eigenvalue weighted by atomic mass is 10.0. The quantitative estimate of drug-likeness (QED) is 0.776. The number of carbonyl (C=O) groups excluding carboxylic acids is 1. The number of nitrogens with one attached hydrogen (secondary N) is 1. The average Bonchev–Trinajstić information content (AvgIpc) is 2.56. The van der Waals surface area contributed by atoms with E-state index in [9.17, 15) is 4.79 Å². The number of piperidine rings is 1. The van der Waals surface area contributed by atoms with Crippen LogP contribution in [0.4, 0.5) is 5.82 Å². The van der Waals surface area contributed by atoms with Crippen LogP contribution in [-0.2, 0) is 0 Å². The highest BCUT2D eigenvalue weighted by Gasteiger charge is 2.26. The topological polar surface area (TPSA) is 87.4 Å². The molecule has 7 nitrogen and oxygen atoms in total. The smallest absolute Gasteiger partial charge is 0.269 e. The van der Waals surface area contributed by atoms with E-state index >= 15 is 0 Å². The highest BCUT2D eigenvalue weighted by Crippen LogP contribution is 2.21. The number of anilines is 1. The first-order valence-electron chi connectivity index (χ1n) is 7.57. The van der Waals surface area contributed by atoms with Crippen LogP contribution in [0.5, 0.6) is 0 Å². The standard InChI is InChI=1S/C14H22N6O/c15-14(21)12-1-2-13(18-17-12)20-7-3-11(4-8-20)19-9-5-16-6-10-19/h1-2,11,16H,3-10H2,(H2,15,21). The molecule has 0 aliphatic carbocycles. The molecule has 7 heteroatoms. The van der Waals surface area contributed by atoms with Gasteiger partial charge in [0.15, 0.2) is 11.5 Å². The van der Waals surface area contributed by atoms with Gasteiger partial charge in [0.25, 0.3) is 5.91 Å². The maximum Gasteiger partial charge on any atom is 0.269 e. The molecule has 0 aromatic carbocycles. The van der Waals surface area contributed by atoms with Gasteiger partial charge in [0, 0.05) is 45.3 Å². The van der Waals surface area contributed by atoms with E-state index in [2.05, 4.69) is 25.3 Å². The number of primary amides is 1. The summed E-state index contributed by atoms with van der Waals surface area (Å²) in [4.78, 5) is 15.8. The molecule has 0 unspecified atom stereocenters. The predicted octanol–water partition coefficient (Wildman–Crippen LogP) is -0.550. The predicted molar refractivity (Wildman–Crippen MR) is 80.2 cm³/mol. The number of hydrogen-bond donors (Lipinski definition) is 2. The molecular weight excluding hydrogens is 268 g/mol. The van der Waals surface area contributed by atoms with Crippen LogP contribution >= 0.6 is 0 Å². The number of nitrogens with two attached hydrogens (primary N) is 1. The van der Waals surface area contributed by atoms with E-state index in [0.29, 0.717) is 6.04 Å². The van der Waals surface area contributed by atoms with E-state index in [0.717, 1.165) is 57.9 Å². The third-order valence-electron chi connectivity index (χ3n) is 4.36. The van der Waals surface area contributed by atoms with Crippen molar-refractivity contribution in [2.24, 2.45) is 5.73 Å². The second-order valence-corrected chi connectivity index (χ2v) is 5.65. The fourth-order valence-electron chi connectivity index (χ4n) is 3.13. The Labute approximate surface area is 124 Å². The van der Waals surface area contributed by atoms with Crippen LogP contribution in [0.1, 0.15) is 23.3 Å². The van der Waals surface area contributed by atoms with Gasteiger partial charge in [-0.3, -0.25) is 9.69 Å². The zero-order valence-electron chi connectivity index (χ0n) is 12.2. The van der Waals surface area contributed by atoms with Gasteiger partial charge in [-0.15, -0.1) is 10.2 Å². The molecule has 3 rings (SSSR count). The Kier molecular flexibility index (Phi) is 4.31. The molecule has 0 saturated carbocycles. The zero-order valence-corrected chi connectivity index (χ0v) is 12.2. The van der Waals surface area contributed by atoms with Crippen LogP contribution in [0.25, 0.3) is 0 Å². The van der Waals surface area contributed by atoms with Gasteiger partial charge in [0.05, 0.1) is 0 Å². The lowest BCUT2D eigenvalue weighted by Crippen LogP contribution is -2.52. The van der Waals surface area contributed by atoms with Gasteiger partial charge < -0.3 is 16.0 Å². The summed E-state index contributed by atoms with van der Waals surface area (Å²) in [7, 11) is 0. The van der Waals surface area contributed by atoms with Crippen molar-refractivity contribution in [1.82, 2.24) is 20.4 Å². The molecule has 1 aromatic rings. The Hall–Kier alpha value is -1.73. The molecule has 1 amide bonds. The van der Waals surface area contributed by atoms with Crippen LogP contribution in [0.2, 0.25) is 0 Å². The summed E-state index contributed by atoms with van der Waals surface area (Å²) >= 11 is 0. The van der Waals surface area contributed by atoms with Gasteiger partial charge in [-0.2, -0.15) is 0 Å². The van der Waals surface area contributed by atoms with Crippen molar-refractivity contribution in [1.29, 1.82) is 0 Å². The first-order chi connectivity index (χ1) is 10.2. The summed E-state index contributed by atoms with van der Waals surface area (Å²) in [6.07, 6.45) is 2.30. The summed E-state index contributed by atoms with van der Waals surface area (Å²) in [6, 6.07) is 4.16. The van der Waals surface area contributed by atoms with Crippen LogP contribution in [-0.4, -0.2) is 66.3 Å². The summed E-state index contributed by atoms with van der Waals surface area (Å²) in [6.45, 7) is 6.47. The second-order valence-electron chi connectivity index (χ2n) is 5.65. The van der Waals surface area contributed by atoms with E-state index in [1.807, 2.05) is 6.07 Å². The number of nitrogens with zero attached hydrogens (tertiary/aromatic N) is 4. The molecule has 0 radical (unpaired) electrons. The van der Waals surface area contributed by atoms with E-state index in [-0.39, 0.29) is 5.69 Å². The molecule has 2 aliphatic rings. The summed E-state index contributed by atoms with van der Waals surface area (Å²) in [5.74, 6) is 0.297. The normalized spacial score (nSPS) is 21.4. The fraction of sp³-hybridized carbons (Fsp3) is 0.643. The molecule has 0 bridgehead atoms. The molecule has 1 aromatic heterocycles. The van der Waals surface area contributed by atoms with Gasteiger partial charge in [-0.1, -0.05) is 0 Å². The SMILES string of the molecule is NC(=O)c1ccc(N2CCC(N3CCNCC3)CC2)nn1. The Morgan fingerprint density at radius 3 is 2.43 bits per heavy atom. The van der Waals surface area contributed by atoms with Gasteiger partial charge in [-0.25, -0.2) is 0 Å². The van der Waals surface area contributed by atoms with Crippen molar-refractivity contribution < 1.29 is 4.79 Å². The van der Waals surface area contributed by atoms with Crippen LogP contribution < -0.4 is 16.0 Å². The molecule has 0 atom stereocenters. The average molecular weight is 290 g/mol. The number of aromatic nitrogens is 2. The molecular formula is C14H22N6O. The number of piperazine rings is 1. The van der Waals surface area contributed by atoms with E-state index in [1.54, 1.807) is 6.07 Å². The first kappa shape index (κ1) is 14.2. The lowest BCUT2D eigenvalue weighted by molar-refractivity contribution is 0.0994. The van der Waals surface area contributed by atoms with Crippen molar-refractivity contribution in [2.45, 2.75) is 18.9 Å². The maximum absolute atomic E-state index is 11.0. The highest BCUT2D eigenvalue weighted by atomic mass is 16.1. The Bertz CT molecular complexity index is 477. The summed E-state index contributed by atoms with van der Waals surface area (Å²) < 4.78 is 0. The van der Waals surface area contributed by atoms with Crippen molar-refractivity contribution in [3.8, 4) is 0 Å². The Balaban J connectivity index is 1.56. The number of hydrogen-bond acceptors (Lipinski definition) is 6. The van der Waals surface area contributed by atoms with E-state index < -0.39 is 5.91 Å². The number of carbonyl (C=O) groups is 1. The Morgan fingerprint density at radius 2 is 1.86 bits per heavy atom. The van der Waals surface area contributed by atoms with Gasteiger partial charge in [0.1, 0.15) is 0 Å². The number of rotatable bonds is 3. The van der Waals surface area contributed by atoms with E-state index in [1.165, 1.54) is 0 Å². The molecule has 0 spiro atoms. The van der Waals surface area contributed by atoms with Crippen LogP contribution in [0.15, 0.2) is 12.1 Å². The monoisotopic (exact) mass is 290 g/mol. The third kappa shape index (κ3) is 3.30. The molecule has 3 heterocycles. The van der Waals surface area contributed by atoms with Gasteiger partial charge in [-0.05, 0) is 25.0 Å². The van der Waals surface area contributed by atoms with Crippen molar-refractivity contribution in [3.05, 3.63) is 17.8 Å². The van der Waals surface area contributed by atoms with Crippen molar-refractivity contribution in [3.63, 3.8) is 0 Å². The first-order valence-corrected chi connectivity index (χ1v) is 7.57. The number of amides is 1. The molecule has 2 fully saturated rings. The largest absolute Gasteiger partial charge is 0.364 e. The Morgan fingerprint density at radius 1 is 1.14 bits per heavy atom. The van der Waals surface area contributed by atoms with E-state index in [4.69, 9.17) is 5.73 Å². The fourth-order valence-corrected chi connectivity index (χ4v) is 3.13. The minimum Gasteiger partial charge on any atom is -0.364 e. The molecule has 114 valence electrons. The van der Waals surface area contributed by atoms with Crippen LogP contribution in [0.3, 0.4) is 0 Å². The summed E-state index contributed by atoms with van der Waals surface area (Å²) in [5, 5.41) is 11.4. The van der Waals surface area contributed by atoms with Crippen LogP contribution in [0, 0.1) is 0 Å². The molecule has 3 N–H and O–H groups in total. The minimum atomic E-state index is -0.536. The van der Waals surface area contributed by atoms with Crippen molar-refractivity contribution >= 4 is 11.7 Å². The highest BCUT2D eigenvalue weighted by molar-refractivity contribution is 5.90. The summed E-state index contributed by atoms with van der Waals surface area (Å²) in [5.41, 5.74) is 5.39. The minimum absolute atomic E-state index is 0.217.